The van der Waals surface area contributed by atoms with Crippen molar-refractivity contribution < 1.29 is 18.7 Å². The Morgan fingerprint density at radius 2 is 2.06 bits per heavy atom. The van der Waals surface area contributed by atoms with Gasteiger partial charge in [0.25, 0.3) is 0 Å². The predicted octanol–water partition coefficient (Wildman–Crippen LogP) is 2.66. The number of nitrogens with zero attached hydrogens (tertiary/aromatic N) is 1. The molecule has 0 N–H and O–H groups in total. The SMILES string of the molecule is CC.COC(=O)[C@H](C)Oc1ccc(C#N)c(F)c1. The lowest BCUT2D eigenvalue weighted by Crippen LogP contribution is -2.24. The Morgan fingerprint density at radius 3 is 2.50 bits per heavy atom. The smallest absolute Gasteiger partial charge is 0.346 e. The van der Waals surface area contributed by atoms with Gasteiger partial charge < -0.3 is 9.47 Å². The van der Waals surface area contributed by atoms with E-state index >= 15 is 0 Å². The predicted molar refractivity (Wildman–Crippen MR) is 64.6 cm³/mol. The quantitative estimate of drug-likeness (QED) is 0.777. The normalized spacial score (nSPS) is 10.4. The highest BCUT2D eigenvalue weighted by molar-refractivity contribution is 5.74. The van der Waals surface area contributed by atoms with Gasteiger partial charge in [-0.2, -0.15) is 5.26 Å². The van der Waals surface area contributed by atoms with Gasteiger partial charge in [-0.1, -0.05) is 13.8 Å². The van der Waals surface area contributed by atoms with E-state index in [1.807, 2.05) is 13.8 Å². The van der Waals surface area contributed by atoms with E-state index in [0.717, 1.165) is 6.07 Å². The molecule has 0 aliphatic rings. The highest BCUT2D eigenvalue weighted by atomic mass is 19.1. The Labute approximate surface area is 106 Å². The number of benzene rings is 1. The molecule has 0 aliphatic carbocycles. The largest absolute Gasteiger partial charge is 0.479 e. The van der Waals surface area contributed by atoms with Gasteiger partial charge in [-0.15, -0.1) is 0 Å². The lowest BCUT2D eigenvalue weighted by molar-refractivity contribution is -0.147. The zero-order chi connectivity index (χ0) is 14.1. The molecule has 0 radical (unpaired) electrons. The minimum absolute atomic E-state index is 0.0712. The van der Waals surface area contributed by atoms with E-state index < -0.39 is 17.9 Å². The second-order valence-corrected chi connectivity index (χ2v) is 3.04. The monoisotopic (exact) mass is 253 g/mol. The van der Waals surface area contributed by atoms with E-state index in [1.54, 1.807) is 6.07 Å². The topological polar surface area (TPSA) is 59.3 Å². The zero-order valence-electron chi connectivity index (χ0n) is 10.9. The van der Waals surface area contributed by atoms with Crippen molar-refractivity contribution in [1.29, 1.82) is 5.26 Å². The van der Waals surface area contributed by atoms with Gasteiger partial charge in [0, 0.05) is 6.07 Å². The van der Waals surface area contributed by atoms with E-state index in [-0.39, 0.29) is 11.3 Å². The third-order valence-corrected chi connectivity index (χ3v) is 1.91. The Morgan fingerprint density at radius 1 is 1.44 bits per heavy atom. The summed E-state index contributed by atoms with van der Waals surface area (Å²) >= 11 is 0. The third kappa shape index (κ3) is 4.42. The van der Waals surface area contributed by atoms with Crippen molar-refractivity contribution in [3.63, 3.8) is 0 Å². The van der Waals surface area contributed by atoms with Crippen molar-refractivity contribution in [3.05, 3.63) is 29.6 Å². The lowest BCUT2D eigenvalue weighted by Gasteiger charge is -2.12. The number of esters is 1. The summed E-state index contributed by atoms with van der Waals surface area (Å²) in [7, 11) is 1.24. The molecular weight excluding hydrogens is 237 g/mol. The number of nitriles is 1. The molecule has 1 rings (SSSR count). The number of carbonyl (C=O) groups excluding carboxylic acids is 1. The van der Waals surface area contributed by atoms with E-state index in [9.17, 15) is 9.18 Å². The third-order valence-electron chi connectivity index (χ3n) is 1.91. The molecule has 1 atom stereocenters. The Bertz CT molecular complexity index is 440. The van der Waals surface area contributed by atoms with Crippen LogP contribution < -0.4 is 4.74 Å². The highest BCUT2D eigenvalue weighted by Gasteiger charge is 2.15. The van der Waals surface area contributed by atoms with Crippen molar-refractivity contribution in [3.8, 4) is 11.8 Å². The first-order chi connectivity index (χ1) is 8.58. The van der Waals surface area contributed by atoms with Gasteiger partial charge in [0.1, 0.15) is 17.6 Å². The summed E-state index contributed by atoms with van der Waals surface area (Å²) in [4.78, 5) is 11.0. The van der Waals surface area contributed by atoms with Gasteiger partial charge in [0.15, 0.2) is 6.10 Å². The van der Waals surface area contributed by atoms with Crippen LogP contribution in [0.2, 0.25) is 0 Å². The minimum atomic E-state index is -0.822. The molecular formula is C13H16FNO3. The first kappa shape index (κ1) is 15.9. The Hall–Kier alpha value is -2.09. The molecule has 4 nitrogen and oxygen atoms in total. The summed E-state index contributed by atoms with van der Waals surface area (Å²) < 4.78 is 22.7. The number of rotatable bonds is 3. The van der Waals surface area contributed by atoms with Crippen LogP contribution in [0.3, 0.4) is 0 Å². The van der Waals surface area contributed by atoms with Crippen molar-refractivity contribution in [2.24, 2.45) is 0 Å². The molecule has 0 unspecified atom stereocenters. The second kappa shape index (κ2) is 8.07. The second-order valence-electron chi connectivity index (χ2n) is 3.04. The van der Waals surface area contributed by atoms with Crippen molar-refractivity contribution in [2.75, 3.05) is 7.11 Å². The Kier molecular flexibility index (Phi) is 7.13. The fraction of sp³-hybridized carbons (Fsp3) is 0.385. The van der Waals surface area contributed by atoms with E-state index in [0.29, 0.717) is 0 Å². The summed E-state index contributed by atoms with van der Waals surface area (Å²) in [6.45, 7) is 5.49. The number of ether oxygens (including phenoxy) is 2. The van der Waals surface area contributed by atoms with Crippen LogP contribution in [0.4, 0.5) is 4.39 Å². The average molecular weight is 253 g/mol. The van der Waals surface area contributed by atoms with Crippen LogP contribution in [0.25, 0.3) is 0 Å². The molecule has 18 heavy (non-hydrogen) atoms. The molecule has 0 amide bonds. The molecule has 1 aromatic rings. The number of carbonyl (C=O) groups is 1. The number of hydrogen-bond donors (Lipinski definition) is 0. The molecule has 0 aromatic heterocycles. The van der Waals surface area contributed by atoms with Crippen LogP contribution in [0.5, 0.6) is 5.75 Å². The summed E-state index contributed by atoms with van der Waals surface area (Å²) in [5.41, 5.74) is -0.0712. The molecule has 5 heteroatoms. The molecule has 0 fully saturated rings. The number of halogens is 1. The number of methoxy groups -OCH3 is 1. The summed E-state index contributed by atoms with van der Waals surface area (Å²) in [5.74, 6) is -1.06. The molecule has 1 aromatic carbocycles. The maximum absolute atomic E-state index is 13.2. The fourth-order valence-corrected chi connectivity index (χ4v) is 1.08. The van der Waals surface area contributed by atoms with Crippen LogP contribution in [-0.4, -0.2) is 19.2 Å². The lowest BCUT2D eigenvalue weighted by atomic mass is 10.2. The average Bonchev–Trinajstić information content (AvgIpc) is 2.40. The van der Waals surface area contributed by atoms with Gasteiger partial charge in [-0.05, 0) is 19.1 Å². The standard InChI is InChI=1S/C11H10FNO3.C2H6/c1-7(11(14)15-2)16-9-4-3-8(6-13)10(12)5-9;1-2/h3-5,7H,1-2H3;1-2H3/t7-;/m0./s1. The first-order valence-electron chi connectivity index (χ1n) is 5.52. The van der Waals surface area contributed by atoms with Gasteiger partial charge in [0.2, 0.25) is 0 Å². The molecule has 0 heterocycles. The highest BCUT2D eigenvalue weighted by Crippen LogP contribution is 2.17. The maximum atomic E-state index is 13.2. The van der Waals surface area contributed by atoms with Gasteiger partial charge >= 0.3 is 5.97 Å². The summed E-state index contributed by atoms with van der Waals surface area (Å²) in [6, 6.07) is 5.45. The minimum Gasteiger partial charge on any atom is -0.479 e. The molecule has 0 bridgehead atoms. The van der Waals surface area contributed by atoms with Gasteiger partial charge in [-0.3, -0.25) is 0 Å². The molecule has 0 aliphatic heterocycles. The molecule has 0 saturated heterocycles. The van der Waals surface area contributed by atoms with Crippen LogP contribution >= 0.6 is 0 Å². The van der Waals surface area contributed by atoms with Crippen molar-refractivity contribution in [1.82, 2.24) is 0 Å². The molecule has 98 valence electrons. The van der Waals surface area contributed by atoms with Crippen LogP contribution in [-0.2, 0) is 9.53 Å². The van der Waals surface area contributed by atoms with Crippen LogP contribution in [0.1, 0.15) is 26.3 Å². The van der Waals surface area contributed by atoms with Crippen molar-refractivity contribution in [2.45, 2.75) is 26.9 Å². The van der Waals surface area contributed by atoms with Crippen molar-refractivity contribution >= 4 is 5.97 Å². The van der Waals surface area contributed by atoms with E-state index in [4.69, 9.17) is 10.00 Å². The number of hydrogen-bond acceptors (Lipinski definition) is 4. The van der Waals surface area contributed by atoms with Gasteiger partial charge in [-0.25, -0.2) is 9.18 Å². The van der Waals surface area contributed by atoms with Gasteiger partial charge in [0.05, 0.1) is 12.7 Å². The van der Waals surface area contributed by atoms with Crippen LogP contribution in [0.15, 0.2) is 18.2 Å². The Balaban J connectivity index is 0.00000137. The first-order valence-corrected chi connectivity index (χ1v) is 5.52. The zero-order valence-corrected chi connectivity index (χ0v) is 10.9. The molecule has 0 spiro atoms. The summed E-state index contributed by atoms with van der Waals surface area (Å²) in [6.07, 6.45) is -0.822. The fourth-order valence-electron chi connectivity index (χ4n) is 1.08. The van der Waals surface area contributed by atoms with Crippen LogP contribution in [0, 0.1) is 17.1 Å². The molecule has 0 saturated carbocycles. The van der Waals surface area contributed by atoms with E-state index in [2.05, 4.69) is 4.74 Å². The van der Waals surface area contributed by atoms with E-state index in [1.165, 1.54) is 26.2 Å². The summed E-state index contributed by atoms with van der Waals surface area (Å²) in [5, 5.41) is 8.51. The maximum Gasteiger partial charge on any atom is 0.346 e.